The number of rotatable bonds is 3. The number of nitrogens with one attached hydrogen (secondary N) is 1. The first kappa shape index (κ1) is 12.8. The molecule has 0 spiro atoms. The van der Waals surface area contributed by atoms with Crippen molar-refractivity contribution in [3.05, 3.63) is 71.3 Å². The molecule has 0 saturated heterocycles. The lowest BCUT2D eigenvalue weighted by atomic mass is 10.0. The molecule has 0 atom stereocenters. The third-order valence-corrected chi connectivity index (χ3v) is 3.60. The van der Waals surface area contributed by atoms with Crippen LogP contribution >= 0.6 is 0 Å². The molecule has 0 aromatic heterocycles. The van der Waals surface area contributed by atoms with Gasteiger partial charge >= 0.3 is 0 Å². The molecule has 2 nitrogen and oxygen atoms in total. The number of hydrogen-bond donors (Lipinski definition) is 1. The van der Waals surface area contributed by atoms with Crippen LogP contribution in [0.15, 0.2) is 48.5 Å². The van der Waals surface area contributed by atoms with Gasteiger partial charge in [0.05, 0.1) is 11.1 Å². The van der Waals surface area contributed by atoms with E-state index in [1.807, 2.05) is 30.3 Å². The average molecular weight is 273 g/mol. The fourth-order valence-electron chi connectivity index (χ4n) is 2.32. The predicted molar refractivity (Wildman–Crippen MR) is 71.2 cm³/mol. The predicted octanol–water partition coefficient (Wildman–Crippen LogP) is 3.38. The Hall–Kier alpha value is -2.23. The molecule has 1 aliphatic rings. The van der Waals surface area contributed by atoms with E-state index in [2.05, 4.69) is 5.32 Å². The summed E-state index contributed by atoms with van der Waals surface area (Å²) in [4.78, 5) is 12.1. The summed E-state index contributed by atoms with van der Waals surface area (Å²) in [6.07, 6.45) is 1.61. The molecule has 1 saturated carbocycles. The zero-order valence-corrected chi connectivity index (χ0v) is 10.7. The molecule has 1 amide bonds. The third kappa shape index (κ3) is 2.29. The molecular weight excluding hydrogens is 260 g/mol. The molecule has 0 bridgehead atoms. The van der Waals surface area contributed by atoms with Crippen LogP contribution in [0.2, 0.25) is 0 Å². The second-order valence-electron chi connectivity index (χ2n) is 5.03. The molecule has 102 valence electrons. The molecular formula is C16H13F2NO. The van der Waals surface area contributed by atoms with E-state index in [0.717, 1.165) is 36.6 Å². The van der Waals surface area contributed by atoms with Crippen molar-refractivity contribution in [2.75, 3.05) is 0 Å². The van der Waals surface area contributed by atoms with Crippen LogP contribution in [-0.2, 0) is 5.54 Å². The molecule has 0 aliphatic heterocycles. The molecule has 0 heterocycles. The summed E-state index contributed by atoms with van der Waals surface area (Å²) in [5.41, 5.74) is 0.300. The number of hydrogen-bond acceptors (Lipinski definition) is 1. The summed E-state index contributed by atoms with van der Waals surface area (Å²) in [5.74, 6) is -1.92. The van der Waals surface area contributed by atoms with Crippen molar-refractivity contribution in [2.24, 2.45) is 0 Å². The Balaban J connectivity index is 1.85. The van der Waals surface area contributed by atoms with Crippen LogP contribution in [0.5, 0.6) is 0 Å². The monoisotopic (exact) mass is 273 g/mol. The van der Waals surface area contributed by atoms with Crippen molar-refractivity contribution in [1.82, 2.24) is 5.32 Å². The minimum atomic E-state index is -0.715. The number of carbonyl (C=O) groups is 1. The average Bonchev–Trinajstić information content (AvgIpc) is 3.23. The minimum absolute atomic E-state index is 0.257. The van der Waals surface area contributed by atoms with E-state index in [4.69, 9.17) is 0 Å². The van der Waals surface area contributed by atoms with Gasteiger partial charge in [-0.3, -0.25) is 4.79 Å². The first-order valence-electron chi connectivity index (χ1n) is 6.44. The maximum absolute atomic E-state index is 13.6. The van der Waals surface area contributed by atoms with E-state index in [0.29, 0.717) is 0 Å². The van der Waals surface area contributed by atoms with Crippen molar-refractivity contribution in [1.29, 1.82) is 0 Å². The number of halogens is 2. The highest BCUT2D eigenvalue weighted by Gasteiger charge is 2.45. The zero-order chi connectivity index (χ0) is 14.2. The SMILES string of the molecule is O=C(NC1(c2ccccc2)CC1)c1cc(F)ccc1F. The van der Waals surface area contributed by atoms with Crippen LogP contribution in [-0.4, -0.2) is 5.91 Å². The molecule has 4 heteroatoms. The first-order valence-corrected chi connectivity index (χ1v) is 6.44. The van der Waals surface area contributed by atoms with Crippen LogP contribution in [0.1, 0.15) is 28.8 Å². The molecule has 2 aromatic rings. The molecule has 0 radical (unpaired) electrons. The standard InChI is InChI=1S/C16H13F2NO/c17-12-6-7-14(18)13(10-12)15(20)19-16(8-9-16)11-4-2-1-3-5-11/h1-7,10H,8-9H2,(H,19,20). The van der Waals surface area contributed by atoms with E-state index < -0.39 is 23.1 Å². The quantitative estimate of drug-likeness (QED) is 0.912. The summed E-state index contributed by atoms with van der Waals surface area (Å²) in [6, 6.07) is 12.4. The summed E-state index contributed by atoms with van der Waals surface area (Å²) < 4.78 is 26.7. The van der Waals surface area contributed by atoms with Gasteiger partial charge in [-0.1, -0.05) is 30.3 Å². The van der Waals surface area contributed by atoms with Gasteiger partial charge in [0, 0.05) is 0 Å². The van der Waals surface area contributed by atoms with Gasteiger partial charge in [0.15, 0.2) is 0 Å². The Labute approximate surface area is 115 Å². The highest BCUT2D eigenvalue weighted by molar-refractivity contribution is 5.95. The Morgan fingerprint density at radius 3 is 2.40 bits per heavy atom. The first-order chi connectivity index (χ1) is 9.61. The van der Waals surface area contributed by atoms with Crippen LogP contribution in [0.3, 0.4) is 0 Å². The largest absolute Gasteiger partial charge is 0.342 e. The molecule has 1 aliphatic carbocycles. The lowest BCUT2D eigenvalue weighted by Gasteiger charge is -2.18. The molecule has 2 aromatic carbocycles. The number of carbonyl (C=O) groups excluding carboxylic acids is 1. The second-order valence-corrected chi connectivity index (χ2v) is 5.03. The van der Waals surface area contributed by atoms with Crippen molar-refractivity contribution in [3.8, 4) is 0 Å². The van der Waals surface area contributed by atoms with Gasteiger partial charge in [0.1, 0.15) is 11.6 Å². The van der Waals surface area contributed by atoms with Gasteiger partial charge in [0.2, 0.25) is 0 Å². The van der Waals surface area contributed by atoms with Gasteiger partial charge in [-0.15, -0.1) is 0 Å². The van der Waals surface area contributed by atoms with E-state index in [1.54, 1.807) is 0 Å². The smallest absolute Gasteiger partial charge is 0.255 e. The van der Waals surface area contributed by atoms with Crippen molar-refractivity contribution in [2.45, 2.75) is 18.4 Å². The third-order valence-electron chi connectivity index (χ3n) is 3.60. The molecule has 1 N–H and O–H groups in total. The van der Waals surface area contributed by atoms with E-state index in [1.165, 1.54) is 0 Å². The van der Waals surface area contributed by atoms with Crippen molar-refractivity contribution in [3.63, 3.8) is 0 Å². The molecule has 3 rings (SSSR count). The van der Waals surface area contributed by atoms with Crippen LogP contribution in [0.4, 0.5) is 8.78 Å². The second kappa shape index (κ2) is 4.71. The topological polar surface area (TPSA) is 29.1 Å². The number of amides is 1. The summed E-state index contributed by atoms with van der Waals surface area (Å²) >= 11 is 0. The molecule has 0 unspecified atom stereocenters. The van der Waals surface area contributed by atoms with Crippen molar-refractivity contribution >= 4 is 5.91 Å². The van der Waals surface area contributed by atoms with Gasteiger partial charge in [-0.2, -0.15) is 0 Å². The fourth-order valence-corrected chi connectivity index (χ4v) is 2.32. The Kier molecular flexibility index (Phi) is 3.01. The molecule has 1 fully saturated rings. The number of benzene rings is 2. The highest BCUT2D eigenvalue weighted by Crippen LogP contribution is 2.45. The summed E-state index contributed by atoms with van der Waals surface area (Å²) in [5, 5.41) is 2.82. The van der Waals surface area contributed by atoms with Crippen LogP contribution in [0, 0.1) is 11.6 Å². The normalized spacial score (nSPS) is 15.7. The lowest BCUT2D eigenvalue weighted by molar-refractivity contribution is 0.0926. The van der Waals surface area contributed by atoms with E-state index in [9.17, 15) is 13.6 Å². The van der Waals surface area contributed by atoms with Crippen LogP contribution < -0.4 is 5.32 Å². The highest BCUT2D eigenvalue weighted by atomic mass is 19.1. The van der Waals surface area contributed by atoms with Crippen LogP contribution in [0.25, 0.3) is 0 Å². The maximum atomic E-state index is 13.6. The van der Waals surface area contributed by atoms with E-state index in [-0.39, 0.29) is 5.56 Å². The van der Waals surface area contributed by atoms with Crippen molar-refractivity contribution < 1.29 is 13.6 Å². The molecule has 20 heavy (non-hydrogen) atoms. The summed E-state index contributed by atoms with van der Waals surface area (Å²) in [7, 11) is 0. The van der Waals surface area contributed by atoms with Gasteiger partial charge in [0.25, 0.3) is 5.91 Å². The fraction of sp³-hybridized carbons (Fsp3) is 0.188. The maximum Gasteiger partial charge on any atom is 0.255 e. The van der Waals surface area contributed by atoms with E-state index >= 15 is 0 Å². The minimum Gasteiger partial charge on any atom is -0.342 e. The van der Waals surface area contributed by atoms with Gasteiger partial charge in [-0.25, -0.2) is 8.78 Å². The Morgan fingerprint density at radius 1 is 1.05 bits per heavy atom. The van der Waals surface area contributed by atoms with Gasteiger partial charge < -0.3 is 5.32 Å². The Morgan fingerprint density at radius 2 is 1.75 bits per heavy atom. The zero-order valence-electron chi connectivity index (χ0n) is 10.7. The lowest BCUT2D eigenvalue weighted by Crippen LogP contribution is -2.35. The van der Waals surface area contributed by atoms with Gasteiger partial charge in [-0.05, 0) is 36.6 Å². The summed E-state index contributed by atoms with van der Waals surface area (Å²) in [6.45, 7) is 0. The Bertz CT molecular complexity index is 651.